The van der Waals surface area contributed by atoms with E-state index >= 15 is 0 Å². The first kappa shape index (κ1) is 12.4. The zero-order valence-electron chi connectivity index (χ0n) is 8.41. The molecule has 0 saturated carbocycles. The third-order valence-corrected chi connectivity index (χ3v) is 1.68. The number of allylic oxidation sites excluding steroid dienone is 2. The van der Waals surface area contributed by atoms with Crippen LogP contribution in [0.15, 0.2) is 24.8 Å². The molecule has 0 amide bonds. The van der Waals surface area contributed by atoms with E-state index in [2.05, 4.69) is 12.7 Å². The number of hydrogen-bond donors (Lipinski definition) is 1. The van der Waals surface area contributed by atoms with Crippen molar-refractivity contribution in [2.45, 2.75) is 32.3 Å². The van der Waals surface area contributed by atoms with Crippen LogP contribution in [-0.2, 0) is 4.74 Å². The average molecular weight is 184 g/mol. The van der Waals surface area contributed by atoms with Gasteiger partial charge in [-0.25, -0.2) is 0 Å². The number of rotatable bonds is 8. The summed E-state index contributed by atoms with van der Waals surface area (Å²) in [5.41, 5.74) is 0. The van der Waals surface area contributed by atoms with Crippen LogP contribution in [0, 0.1) is 0 Å². The molecule has 1 atom stereocenters. The Morgan fingerprint density at radius 2 is 2.15 bits per heavy atom. The van der Waals surface area contributed by atoms with Gasteiger partial charge < -0.3 is 9.84 Å². The average Bonchev–Trinajstić information content (AvgIpc) is 2.16. The van der Waals surface area contributed by atoms with E-state index in [1.165, 1.54) is 0 Å². The summed E-state index contributed by atoms with van der Waals surface area (Å²) in [5.74, 6) is 0. The number of aliphatic hydroxyl groups is 1. The normalized spacial score (nSPS) is 13.4. The summed E-state index contributed by atoms with van der Waals surface area (Å²) in [6, 6.07) is 0. The van der Waals surface area contributed by atoms with Crippen LogP contribution < -0.4 is 0 Å². The van der Waals surface area contributed by atoms with Gasteiger partial charge in [0, 0.05) is 0 Å². The monoisotopic (exact) mass is 184 g/mol. The van der Waals surface area contributed by atoms with Gasteiger partial charge in [-0.2, -0.15) is 0 Å². The van der Waals surface area contributed by atoms with E-state index in [-0.39, 0.29) is 12.7 Å². The second-order valence-corrected chi connectivity index (χ2v) is 3.02. The molecule has 2 nitrogen and oxygen atoms in total. The van der Waals surface area contributed by atoms with Crippen molar-refractivity contribution in [1.82, 2.24) is 0 Å². The SMILES string of the molecule is C=CCCC/C=C/COC(C)CO. The minimum absolute atomic E-state index is 0.0576. The maximum absolute atomic E-state index is 8.65. The fourth-order valence-corrected chi connectivity index (χ4v) is 0.838. The predicted octanol–water partition coefficient (Wildman–Crippen LogP) is 2.30. The molecule has 0 aromatic rings. The van der Waals surface area contributed by atoms with Gasteiger partial charge in [0.15, 0.2) is 0 Å². The van der Waals surface area contributed by atoms with Crippen LogP contribution in [0.1, 0.15) is 26.2 Å². The van der Waals surface area contributed by atoms with E-state index in [9.17, 15) is 0 Å². The van der Waals surface area contributed by atoms with E-state index in [1.807, 2.05) is 19.1 Å². The maximum atomic E-state index is 8.65. The third-order valence-electron chi connectivity index (χ3n) is 1.68. The van der Waals surface area contributed by atoms with E-state index in [0.29, 0.717) is 6.61 Å². The first-order valence-corrected chi connectivity index (χ1v) is 4.79. The lowest BCUT2D eigenvalue weighted by Gasteiger charge is -2.06. The van der Waals surface area contributed by atoms with Crippen LogP contribution in [0.5, 0.6) is 0 Å². The van der Waals surface area contributed by atoms with Gasteiger partial charge >= 0.3 is 0 Å². The molecule has 0 aromatic carbocycles. The first-order chi connectivity index (χ1) is 6.31. The van der Waals surface area contributed by atoms with Gasteiger partial charge in [0.2, 0.25) is 0 Å². The summed E-state index contributed by atoms with van der Waals surface area (Å²) in [7, 11) is 0. The Labute approximate surface area is 80.9 Å². The smallest absolute Gasteiger partial charge is 0.0781 e. The number of hydrogen-bond acceptors (Lipinski definition) is 2. The molecule has 2 heteroatoms. The maximum Gasteiger partial charge on any atom is 0.0781 e. The Morgan fingerprint density at radius 3 is 2.77 bits per heavy atom. The van der Waals surface area contributed by atoms with E-state index in [1.54, 1.807) is 0 Å². The molecule has 0 aromatic heterocycles. The summed E-state index contributed by atoms with van der Waals surface area (Å²) >= 11 is 0. The summed E-state index contributed by atoms with van der Waals surface area (Å²) in [5, 5.41) is 8.65. The van der Waals surface area contributed by atoms with Crippen molar-refractivity contribution in [2.75, 3.05) is 13.2 Å². The van der Waals surface area contributed by atoms with Gasteiger partial charge in [-0.05, 0) is 26.2 Å². The number of aliphatic hydroxyl groups excluding tert-OH is 1. The lowest BCUT2D eigenvalue weighted by atomic mass is 10.2. The minimum atomic E-state index is -0.0576. The zero-order valence-corrected chi connectivity index (χ0v) is 8.41. The number of ether oxygens (including phenoxy) is 1. The Hall–Kier alpha value is -0.600. The molecule has 13 heavy (non-hydrogen) atoms. The van der Waals surface area contributed by atoms with Gasteiger partial charge in [-0.15, -0.1) is 6.58 Å². The van der Waals surface area contributed by atoms with E-state index < -0.39 is 0 Å². The Kier molecular flexibility index (Phi) is 9.05. The van der Waals surface area contributed by atoms with E-state index in [0.717, 1.165) is 19.3 Å². The molecule has 1 N–H and O–H groups in total. The van der Waals surface area contributed by atoms with Crippen molar-refractivity contribution in [3.63, 3.8) is 0 Å². The summed E-state index contributed by atoms with van der Waals surface area (Å²) in [6.07, 6.45) is 9.26. The van der Waals surface area contributed by atoms with Gasteiger partial charge in [0.05, 0.1) is 19.3 Å². The van der Waals surface area contributed by atoms with Gasteiger partial charge in [-0.3, -0.25) is 0 Å². The van der Waals surface area contributed by atoms with Crippen LogP contribution in [0.25, 0.3) is 0 Å². The van der Waals surface area contributed by atoms with Crippen molar-refractivity contribution in [3.05, 3.63) is 24.8 Å². The van der Waals surface area contributed by atoms with Crippen LogP contribution in [0.4, 0.5) is 0 Å². The van der Waals surface area contributed by atoms with Gasteiger partial charge in [-0.1, -0.05) is 18.2 Å². The van der Waals surface area contributed by atoms with Crippen LogP contribution in [0.3, 0.4) is 0 Å². The molecule has 0 aliphatic carbocycles. The summed E-state index contributed by atoms with van der Waals surface area (Å²) in [6.45, 7) is 6.19. The highest BCUT2D eigenvalue weighted by Gasteiger charge is 1.95. The minimum Gasteiger partial charge on any atom is -0.394 e. The molecule has 0 saturated heterocycles. The molecule has 1 unspecified atom stereocenters. The van der Waals surface area contributed by atoms with E-state index in [4.69, 9.17) is 9.84 Å². The van der Waals surface area contributed by atoms with Crippen LogP contribution >= 0.6 is 0 Å². The molecule has 0 spiro atoms. The quantitative estimate of drug-likeness (QED) is 0.463. The largest absolute Gasteiger partial charge is 0.394 e. The second kappa shape index (κ2) is 9.49. The standard InChI is InChI=1S/C11H20O2/c1-3-4-5-6-7-8-9-13-11(2)10-12/h3,7-8,11-12H,1,4-6,9-10H2,2H3/b8-7+. The van der Waals surface area contributed by atoms with Gasteiger partial charge in [0.25, 0.3) is 0 Å². The first-order valence-electron chi connectivity index (χ1n) is 4.79. The molecule has 0 aliphatic rings. The summed E-state index contributed by atoms with van der Waals surface area (Å²) in [4.78, 5) is 0. The Morgan fingerprint density at radius 1 is 1.38 bits per heavy atom. The molecule has 0 aliphatic heterocycles. The van der Waals surface area contributed by atoms with Crippen molar-refractivity contribution in [2.24, 2.45) is 0 Å². The van der Waals surface area contributed by atoms with Crippen LogP contribution in [-0.4, -0.2) is 24.4 Å². The van der Waals surface area contributed by atoms with Crippen LogP contribution in [0.2, 0.25) is 0 Å². The molecular formula is C11H20O2. The molecule has 0 radical (unpaired) electrons. The van der Waals surface area contributed by atoms with Crippen molar-refractivity contribution in [1.29, 1.82) is 0 Å². The topological polar surface area (TPSA) is 29.5 Å². The predicted molar refractivity (Wildman–Crippen MR) is 55.7 cm³/mol. The highest BCUT2D eigenvalue weighted by atomic mass is 16.5. The summed E-state index contributed by atoms with van der Waals surface area (Å²) < 4.78 is 5.24. The van der Waals surface area contributed by atoms with Crippen molar-refractivity contribution >= 4 is 0 Å². The molecule has 0 heterocycles. The number of unbranched alkanes of at least 4 members (excludes halogenated alkanes) is 2. The molecule has 0 fully saturated rings. The fraction of sp³-hybridized carbons (Fsp3) is 0.636. The van der Waals surface area contributed by atoms with Crippen molar-refractivity contribution < 1.29 is 9.84 Å². The van der Waals surface area contributed by atoms with Crippen molar-refractivity contribution in [3.8, 4) is 0 Å². The highest BCUT2D eigenvalue weighted by Crippen LogP contribution is 1.97. The lowest BCUT2D eigenvalue weighted by Crippen LogP contribution is -2.12. The Balaban J connectivity index is 3.16. The lowest BCUT2D eigenvalue weighted by molar-refractivity contribution is 0.0411. The zero-order chi connectivity index (χ0) is 9.94. The molecule has 0 bridgehead atoms. The molecule has 0 rings (SSSR count). The highest BCUT2D eigenvalue weighted by molar-refractivity contribution is 4.82. The second-order valence-electron chi connectivity index (χ2n) is 3.02. The third kappa shape index (κ3) is 9.31. The Bertz CT molecular complexity index is 141. The molecular weight excluding hydrogens is 164 g/mol. The molecule has 76 valence electrons. The fourth-order valence-electron chi connectivity index (χ4n) is 0.838. The van der Waals surface area contributed by atoms with Gasteiger partial charge in [0.1, 0.15) is 0 Å².